The summed E-state index contributed by atoms with van der Waals surface area (Å²) >= 11 is 1.40. The van der Waals surface area contributed by atoms with Gasteiger partial charge in [-0.05, 0) is 13.8 Å². The molecule has 0 atom stereocenters. The number of nitrogens with one attached hydrogen (secondary N) is 2. The van der Waals surface area contributed by atoms with Crippen molar-refractivity contribution < 1.29 is 8.42 Å². The molecule has 0 aromatic carbocycles. The zero-order chi connectivity index (χ0) is 12.5. The van der Waals surface area contributed by atoms with Crippen LogP contribution in [0.4, 0.5) is 0 Å². The maximum absolute atomic E-state index is 12.0. The lowest BCUT2D eigenvalue weighted by molar-refractivity contribution is 0.468. The molecule has 17 heavy (non-hydrogen) atoms. The number of sulfonamides is 1. The van der Waals surface area contributed by atoms with E-state index < -0.39 is 15.6 Å². The molecule has 6 nitrogen and oxygen atoms in total. The van der Waals surface area contributed by atoms with Crippen LogP contribution in [0.1, 0.15) is 18.9 Å². The molecule has 0 radical (unpaired) electrons. The fourth-order valence-electron chi connectivity index (χ4n) is 1.36. The van der Waals surface area contributed by atoms with Gasteiger partial charge >= 0.3 is 0 Å². The van der Waals surface area contributed by atoms with Crippen LogP contribution < -0.4 is 4.72 Å². The van der Waals surface area contributed by atoms with Crippen molar-refractivity contribution in [1.29, 1.82) is 0 Å². The molecule has 2 heterocycles. The lowest BCUT2D eigenvalue weighted by Gasteiger charge is -2.22. The number of thiazole rings is 1. The van der Waals surface area contributed by atoms with E-state index in [-0.39, 0.29) is 5.03 Å². The molecule has 2 aromatic rings. The van der Waals surface area contributed by atoms with Crippen LogP contribution in [0.2, 0.25) is 0 Å². The van der Waals surface area contributed by atoms with Gasteiger partial charge in [-0.15, -0.1) is 11.3 Å². The van der Waals surface area contributed by atoms with Gasteiger partial charge in [-0.3, -0.25) is 0 Å². The number of hydrogen-bond acceptors (Lipinski definition) is 5. The first-order chi connectivity index (χ1) is 7.92. The van der Waals surface area contributed by atoms with Crippen molar-refractivity contribution in [2.75, 3.05) is 0 Å². The molecular weight excluding hydrogens is 260 g/mol. The first kappa shape index (κ1) is 12.2. The molecule has 0 aliphatic heterocycles. The highest BCUT2D eigenvalue weighted by atomic mass is 32.2. The third kappa shape index (κ3) is 2.54. The van der Waals surface area contributed by atoms with Crippen LogP contribution in [0.15, 0.2) is 29.1 Å². The Balaban J connectivity index is 2.28. The van der Waals surface area contributed by atoms with E-state index in [9.17, 15) is 8.42 Å². The van der Waals surface area contributed by atoms with Crippen LogP contribution >= 0.6 is 11.3 Å². The Morgan fingerprint density at radius 2 is 2.24 bits per heavy atom. The molecule has 0 fully saturated rings. The highest BCUT2D eigenvalue weighted by molar-refractivity contribution is 7.89. The quantitative estimate of drug-likeness (QED) is 0.871. The molecule has 0 unspecified atom stereocenters. The maximum atomic E-state index is 12.0. The summed E-state index contributed by atoms with van der Waals surface area (Å²) in [6.07, 6.45) is 4.23. The molecule has 0 amide bonds. The van der Waals surface area contributed by atoms with Gasteiger partial charge in [0.1, 0.15) is 5.01 Å². The molecule has 0 saturated heterocycles. The van der Waals surface area contributed by atoms with Gasteiger partial charge in [0.05, 0.1) is 18.1 Å². The predicted molar refractivity (Wildman–Crippen MR) is 64.0 cm³/mol. The Morgan fingerprint density at radius 1 is 1.47 bits per heavy atom. The molecule has 92 valence electrons. The second kappa shape index (κ2) is 4.21. The number of nitrogens with zero attached hydrogens (tertiary/aromatic N) is 2. The average Bonchev–Trinajstić information content (AvgIpc) is 2.91. The van der Waals surface area contributed by atoms with Crippen LogP contribution in [-0.4, -0.2) is 23.4 Å². The van der Waals surface area contributed by atoms with E-state index in [1.807, 2.05) is 5.38 Å². The molecule has 2 aromatic heterocycles. The van der Waals surface area contributed by atoms with Gasteiger partial charge in [-0.2, -0.15) is 4.72 Å². The lowest BCUT2D eigenvalue weighted by atomic mass is 10.1. The summed E-state index contributed by atoms with van der Waals surface area (Å²) in [5, 5.41) is 2.56. The summed E-state index contributed by atoms with van der Waals surface area (Å²) in [5.74, 6) is 0. The number of H-pyrrole nitrogens is 1. The minimum atomic E-state index is -3.60. The first-order valence-electron chi connectivity index (χ1n) is 4.84. The van der Waals surface area contributed by atoms with E-state index in [2.05, 4.69) is 19.7 Å². The van der Waals surface area contributed by atoms with Crippen LogP contribution in [-0.2, 0) is 15.6 Å². The minimum Gasteiger partial charge on any atom is -0.335 e. The van der Waals surface area contributed by atoms with Crippen LogP contribution in [0, 0.1) is 0 Å². The van der Waals surface area contributed by atoms with Crippen LogP contribution in [0.25, 0.3) is 0 Å². The van der Waals surface area contributed by atoms with Crippen LogP contribution in [0.5, 0.6) is 0 Å². The molecule has 0 aliphatic carbocycles. The highest BCUT2D eigenvalue weighted by Crippen LogP contribution is 2.24. The molecule has 0 saturated carbocycles. The summed E-state index contributed by atoms with van der Waals surface area (Å²) in [5.41, 5.74) is -0.752. The van der Waals surface area contributed by atoms with Crippen molar-refractivity contribution in [3.05, 3.63) is 29.1 Å². The second-order valence-corrected chi connectivity index (χ2v) is 6.53. The zero-order valence-electron chi connectivity index (χ0n) is 9.34. The minimum absolute atomic E-state index is 0.0436. The molecule has 2 rings (SSSR count). The van der Waals surface area contributed by atoms with Gasteiger partial charge < -0.3 is 4.98 Å². The number of hydrogen-bond donors (Lipinski definition) is 2. The Labute approximate surface area is 103 Å². The Morgan fingerprint density at radius 3 is 2.76 bits per heavy atom. The fourth-order valence-corrected chi connectivity index (χ4v) is 3.43. The lowest BCUT2D eigenvalue weighted by Crippen LogP contribution is -2.40. The zero-order valence-corrected chi connectivity index (χ0v) is 11.0. The van der Waals surface area contributed by atoms with Gasteiger partial charge in [0, 0.05) is 11.6 Å². The Kier molecular flexibility index (Phi) is 3.02. The predicted octanol–water partition coefficient (Wildman–Crippen LogP) is 1.08. The van der Waals surface area contributed by atoms with E-state index in [1.165, 1.54) is 23.9 Å². The summed E-state index contributed by atoms with van der Waals surface area (Å²) in [6, 6.07) is 0. The van der Waals surface area contributed by atoms with Crippen molar-refractivity contribution in [2.24, 2.45) is 0 Å². The fraction of sp³-hybridized carbons (Fsp3) is 0.333. The summed E-state index contributed by atoms with van der Waals surface area (Å²) in [6.45, 7) is 3.53. The van der Waals surface area contributed by atoms with E-state index in [0.717, 1.165) is 0 Å². The van der Waals surface area contributed by atoms with E-state index in [0.29, 0.717) is 5.01 Å². The molecule has 8 heteroatoms. The number of aromatic nitrogens is 3. The third-order valence-electron chi connectivity index (χ3n) is 2.12. The van der Waals surface area contributed by atoms with Crippen LogP contribution in [0.3, 0.4) is 0 Å². The van der Waals surface area contributed by atoms with Crippen molar-refractivity contribution in [2.45, 2.75) is 24.4 Å². The monoisotopic (exact) mass is 272 g/mol. The Hall–Kier alpha value is -1.25. The summed E-state index contributed by atoms with van der Waals surface area (Å²) < 4.78 is 26.6. The molecule has 0 bridgehead atoms. The number of aromatic amines is 1. The average molecular weight is 272 g/mol. The highest BCUT2D eigenvalue weighted by Gasteiger charge is 2.30. The summed E-state index contributed by atoms with van der Waals surface area (Å²) in [7, 11) is -3.60. The standard InChI is InChI=1S/C9H12N4O2S2/c1-9(2,8-11-3-4-16-8)13-17(14,15)7-5-10-6-12-7/h3-6,13H,1-2H3,(H,10,12). The van der Waals surface area contributed by atoms with Gasteiger partial charge in [0.25, 0.3) is 10.0 Å². The molecule has 2 N–H and O–H groups in total. The van der Waals surface area contributed by atoms with E-state index >= 15 is 0 Å². The molecule has 0 spiro atoms. The number of imidazole rings is 1. The van der Waals surface area contributed by atoms with Gasteiger partial charge in [0.15, 0.2) is 5.03 Å². The largest absolute Gasteiger partial charge is 0.335 e. The smallest absolute Gasteiger partial charge is 0.258 e. The van der Waals surface area contributed by atoms with Crippen molar-refractivity contribution in [3.8, 4) is 0 Å². The molecular formula is C9H12N4O2S2. The first-order valence-corrected chi connectivity index (χ1v) is 7.20. The van der Waals surface area contributed by atoms with Gasteiger partial charge in [-0.1, -0.05) is 0 Å². The van der Waals surface area contributed by atoms with Gasteiger partial charge in [-0.25, -0.2) is 18.4 Å². The third-order valence-corrected chi connectivity index (χ3v) is 4.80. The normalized spacial score (nSPS) is 12.8. The van der Waals surface area contributed by atoms with Crippen molar-refractivity contribution in [3.63, 3.8) is 0 Å². The van der Waals surface area contributed by atoms with Crippen molar-refractivity contribution in [1.82, 2.24) is 19.7 Å². The van der Waals surface area contributed by atoms with Crippen molar-refractivity contribution >= 4 is 21.4 Å². The maximum Gasteiger partial charge on any atom is 0.258 e. The van der Waals surface area contributed by atoms with E-state index in [4.69, 9.17) is 0 Å². The summed E-state index contributed by atoms with van der Waals surface area (Å²) in [4.78, 5) is 10.4. The SMILES string of the molecule is CC(C)(NS(=O)(=O)c1cnc[nH]1)c1nccs1. The molecule has 0 aliphatic rings. The van der Waals surface area contributed by atoms with Gasteiger partial charge in [0.2, 0.25) is 0 Å². The number of rotatable bonds is 4. The van der Waals surface area contributed by atoms with E-state index in [1.54, 1.807) is 20.0 Å². The Bertz CT molecular complexity index is 573. The second-order valence-electron chi connectivity index (χ2n) is 3.98. The topological polar surface area (TPSA) is 87.7 Å².